The Morgan fingerprint density at radius 1 is 1.56 bits per heavy atom. The van der Waals surface area contributed by atoms with Gasteiger partial charge in [-0.3, -0.25) is 0 Å². The van der Waals surface area contributed by atoms with Crippen LogP contribution in [-0.2, 0) is 6.54 Å². The van der Waals surface area contributed by atoms with E-state index in [1.165, 1.54) is 4.88 Å². The molecule has 0 aromatic carbocycles. The number of guanidine groups is 1. The molecule has 0 aliphatic carbocycles. The Balaban J connectivity index is 0.00000225. The van der Waals surface area contributed by atoms with E-state index in [1.807, 2.05) is 12.1 Å². The molecule has 92 valence electrons. The topological polar surface area (TPSA) is 50.4 Å². The average Bonchev–Trinajstić information content (AvgIpc) is 2.58. The molecule has 3 N–H and O–H groups in total. The fourth-order valence-corrected chi connectivity index (χ4v) is 2.37. The summed E-state index contributed by atoms with van der Waals surface area (Å²) < 4.78 is 1.13. The highest BCUT2D eigenvalue weighted by molar-refractivity contribution is 14.0. The van der Waals surface area contributed by atoms with Crippen LogP contribution in [0.2, 0.25) is 0 Å². The van der Waals surface area contributed by atoms with Crippen LogP contribution in [-0.4, -0.2) is 12.5 Å². The Morgan fingerprint density at radius 2 is 2.25 bits per heavy atom. The van der Waals surface area contributed by atoms with Crippen molar-refractivity contribution in [1.82, 2.24) is 5.32 Å². The van der Waals surface area contributed by atoms with Crippen molar-refractivity contribution < 1.29 is 0 Å². The van der Waals surface area contributed by atoms with Crippen molar-refractivity contribution in [2.45, 2.75) is 20.4 Å². The van der Waals surface area contributed by atoms with Crippen molar-refractivity contribution in [3.8, 4) is 0 Å². The van der Waals surface area contributed by atoms with Gasteiger partial charge in [-0.05, 0) is 34.0 Å². The molecule has 0 bridgehead atoms. The van der Waals surface area contributed by atoms with Crippen molar-refractivity contribution in [3.63, 3.8) is 0 Å². The van der Waals surface area contributed by atoms with Gasteiger partial charge in [0.15, 0.2) is 5.96 Å². The van der Waals surface area contributed by atoms with Gasteiger partial charge in [0.25, 0.3) is 0 Å². The molecule has 16 heavy (non-hydrogen) atoms. The number of hydrogen-bond donors (Lipinski definition) is 2. The van der Waals surface area contributed by atoms with Crippen molar-refractivity contribution in [3.05, 3.63) is 20.8 Å². The zero-order valence-electron chi connectivity index (χ0n) is 9.37. The summed E-state index contributed by atoms with van der Waals surface area (Å²) in [6.07, 6.45) is 0. The number of nitrogens with zero attached hydrogens (tertiary/aromatic N) is 1. The van der Waals surface area contributed by atoms with E-state index in [1.54, 1.807) is 11.3 Å². The predicted octanol–water partition coefficient (Wildman–Crippen LogP) is 3.19. The van der Waals surface area contributed by atoms with E-state index < -0.39 is 0 Å². The van der Waals surface area contributed by atoms with Gasteiger partial charge in [0, 0.05) is 11.4 Å². The molecular weight excluding hydrogens is 401 g/mol. The lowest BCUT2D eigenvalue weighted by Gasteiger charge is -2.07. The number of rotatable bonds is 4. The van der Waals surface area contributed by atoms with Gasteiger partial charge in [-0.25, -0.2) is 4.99 Å². The molecule has 0 saturated heterocycles. The minimum Gasteiger partial charge on any atom is -0.370 e. The van der Waals surface area contributed by atoms with Crippen LogP contribution in [0.15, 0.2) is 20.9 Å². The second-order valence-corrected chi connectivity index (χ2v) is 6.23. The van der Waals surface area contributed by atoms with E-state index >= 15 is 0 Å². The minimum atomic E-state index is 0. The highest BCUT2D eigenvalue weighted by atomic mass is 127. The number of hydrogen-bond acceptors (Lipinski definition) is 2. The Kier molecular flexibility index (Phi) is 8.39. The molecule has 0 spiro atoms. The van der Waals surface area contributed by atoms with Crippen LogP contribution in [0.1, 0.15) is 18.7 Å². The van der Waals surface area contributed by atoms with E-state index in [4.69, 9.17) is 5.73 Å². The van der Waals surface area contributed by atoms with Crippen LogP contribution < -0.4 is 11.1 Å². The van der Waals surface area contributed by atoms with Gasteiger partial charge >= 0.3 is 0 Å². The van der Waals surface area contributed by atoms with Crippen LogP contribution >= 0.6 is 51.2 Å². The van der Waals surface area contributed by atoms with Crippen LogP contribution in [0.25, 0.3) is 0 Å². The van der Waals surface area contributed by atoms with Gasteiger partial charge in [0.1, 0.15) is 0 Å². The first-order valence-electron chi connectivity index (χ1n) is 4.86. The number of aliphatic imine (C=N–C) groups is 1. The zero-order chi connectivity index (χ0) is 11.3. The first kappa shape index (κ1) is 16.2. The van der Waals surface area contributed by atoms with E-state index in [0.29, 0.717) is 18.4 Å². The van der Waals surface area contributed by atoms with Crippen LogP contribution in [0.4, 0.5) is 0 Å². The Hall–Kier alpha value is 0.180. The van der Waals surface area contributed by atoms with Gasteiger partial charge in [-0.2, -0.15) is 0 Å². The third-order valence-corrected chi connectivity index (χ3v) is 3.33. The first-order chi connectivity index (χ1) is 7.08. The summed E-state index contributed by atoms with van der Waals surface area (Å²) in [5.74, 6) is 1.10. The van der Waals surface area contributed by atoms with Gasteiger partial charge in [0.2, 0.25) is 0 Å². The summed E-state index contributed by atoms with van der Waals surface area (Å²) in [5.41, 5.74) is 5.71. The lowest BCUT2D eigenvalue weighted by Crippen LogP contribution is -2.34. The molecule has 0 aliphatic heterocycles. The van der Waals surface area contributed by atoms with Crippen molar-refractivity contribution in [1.29, 1.82) is 0 Å². The monoisotopic (exact) mass is 417 g/mol. The standard InChI is InChI=1S/C10H16BrN3S.HI/c1-7(2)5-13-10(12)14-6-8-3-4-9(11)15-8;/h3-4,7H,5-6H2,1-2H3,(H3,12,13,14);1H. The Morgan fingerprint density at radius 3 is 2.75 bits per heavy atom. The van der Waals surface area contributed by atoms with Crippen LogP contribution in [0.5, 0.6) is 0 Å². The highest BCUT2D eigenvalue weighted by Crippen LogP contribution is 2.22. The third kappa shape index (κ3) is 6.70. The molecule has 0 aliphatic rings. The molecule has 0 fully saturated rings. The Labute approximate surface area is 126 Å². The maximum absolute atomic E-state index is 5.71. The summed E-state index contributed by atoms with van der Waals surface area (Å²) in [4.78, 5) is 5.46. The summed E-state index contributed by atoms with van der Waals surface area (Å²) >= 11 is 5.09. The molecule has 1 aromatic rings. The minimum absolute atomic E-state index is 0. The summed E-state index contributed by atoms with van der Waals surface area (Å²) in [5, 5.41) is 3.08. The van der Waals surface area contributed by atoms with Crippen molar-refractivity contribution >= 4 is 57.2 Å². The Bertz CT molecular complexity index is 339. The van der Waals surface area contributed by atoms with Gasteiger partial charge in [-0.1, -0.05) is 13.8 Å². The molecule has 3 nitrogen and oxygen atoms in total. The maximum atomic E-state index is 5.71. The maximum Gasteiger partial charge on any atom is 0.188 e. The van der Waals surface area contributed by atoms with E-state index in [0.717, 1.165) is 10.3 Å². The number of halogens is 2. The summed E-state index contributed by atoms with van der Waals surface area (Å²) in [6.45, 7) is 5.78. The number of nitrogens with two attached hydrogens (primary N) is 1. The molecule has 0 amide bonds. The molecule has 1 aromatic heterocycles. The fraction of sp³-hybridized carbons (Fsp3) is 0.500. The van der Waals surface area contributed by atoms with E-state index in [2.05, 4.69) is 40.1 Å². The molecule has 6 heteroatoms. The van der Waals surface area contributed by atoms with Gasteiger partial charge in [0.05, 0.1) is 10.3 Å². The average molecular weight is 418 g/mol. The molecule has 1 rings (SSSR count). The largest absolute Gasteiger partial charge is 0.370 e. The second-order valence-electron chi connectivity index (χ2n) is 3.68. The SMILES string of the molecule is CC(C)CNC(N)=NCc1ccc(Br)s1.I. The van der Waals surface area contributed by atoms with Gasteiger partial charge in [-0.15, -0.1) is 35.3 Å². The lowest BCUT2D eigenvalue weighted by molar-refractivity contribution is 0.622. The summed E-state index contributed by atoms with van der Waals surface area (Å²) in [7, 11) is 0. The molecule has 1 heterocycles. The highest BCUT2D eigenvalue weighted by Gasteiger charge is 1.98. The smallest absolute Gasteiger partial charge is 0.188 e. The zero-order valence-corrected chi connectivity index (χ0v) is 14.1. The van der Waals surface area contributed by atoms with Crippen molar-refractivity contribution in [2.24, 2.45) is 16.6 Å². The molecule has 0 radical (unpaired) electrons. The quantitative estimate of drug-likeness (QED) is 0.449. The summed E-state index contributed by atoms with van der Waals surface area (Å²) in [6, 6.07) is 4.07. The lowest BCUT2D eigenvalue weighted by atomic mass is 10.2. The first-order valence-corrected chi connectivity index (χ1v) is 6.47. The predicted molar refractivity (Wildman–Crippen MR) is 85.6 cm³/mol. The van der Waals surface area contributed by atoms with Crippen molar-refractivity contribution in [2.75, 3.05) is 6.54 Å². The van der Waals surface area contributed by atoms with Crippen LogP contribution in [0.3, 0.4) is 0 Å². The molecule has 0 atom stereocenters. The van der Waals surface area contributed by atoms with Gasteiger partial charge < -0.3 is 11.1 Å². The molecule has 0 saturated carbocycles. The second kappa shape index (κ2) is 8.30. The van der Waals surface area contributed by atoms with Crippen LogP contribution in [0, 0.1) is 5.92 Å². The van der Waals surface area contributed by atoms with E-state index in [-0.39, 0.29) is 24.0 Å². The third-order valence-electron chi connectivity index (χ3n) is 1.73. The molecule has 0 unspecified atom stereocenters. The number of nitrogens with one attached hydrogen (secondary N) is 1. The number of thiophene rings is 1. The fourth-order valence-electron chi connectivity index (χ4n) is 0.964. The molecular formula is C10H17BrIN3S. The van der Waals surface area contributed by atoms with E-state index in [9.17, 15) is 0 Å². The normalized spacial score (nSPS) is 11.4.